The van der Waals surface area contributed by atoms with Gasteiger partial charge in [0.25, 0.3) is 0 Å². The van der Waals surface area contributed by atoms with Gasteiger partial charge in [0.2, 0.25) is 5.91 Å². The van der Waals surface area contributed by atoms with Crippen molar-refractivity contribution in [2.75, 3.05) is 27.4 Å². The standard InChI is InChI=1S/C17H24FNO5/c1-23-8-4-3-5-16(21)19-11-13(17(22)24-2)9-12-6-7-15(20)14(18)10-12/h6-7,10,13,20H,3-5,8-9,11H2,1-2H3,(H,19,21)/t13-/m0/s1. The highest BCUT2D eigenvalue weighted by molar-refractivity contribution is 5.78. The van der Waals surface area contributed by atoms with E-state index in [2.05, 4.69) is 5.32 Å². The van der Waals surface area contributed by atoms with Crippen molar-refractivity contribution in [3.8, 4) is 5.75 Å². The lowest BCUT2D eigenvalue weighted by Gasteiger charge is -2.16. The van der Waals surface area contributed by atoms with Gasteiger partial charge in [-0.15, -0.1) is 0 Å². The lowest BCUT2D eigenvalue weighted by atomic mass is 9.99. The molecule has 0 aromatic heterocycles. The van der Waals surface area contributed by atoms with Gasteiger partial charge < -0.3 is 19.9 Å². The molecule has 2 N–H and O–H groups in total. The molecule has 1 rings (SSSR count). The highest BCUT2D eigenvalue weighted by atomic mass is 19.1. The van der Waals surface area contributed by atoms with E-state index in [9.17, 15) is 19.1 Å². The molecular weight excluding hydrogens is 317 g/mol. The molecule has 0 bridgehead atoms. The Morgan fingerprint density at radius 3 is 2.67 bits per heavy atom. The van der Waals surface area contributed by atoms with Crippen molar-refractivity contribution in [3.63, 3.8) is 0 Å². The summed E-state index contributed by atoms with van der Waals surface area (Å²) in [5.74, 6) is -2.46. The number of halogens is 1. The number of esters is 1. The van der Waals surface area contributed by atoms with Gasteiger partial charge in [-0.1, -0.05) is 6.07 Å². The number of methoxy groups -OCH3 is 2. The van der Waals surface area contributed by atoms with Crippen LogP contribution in [0.4, 0.5) is 4.39 Å². The smallest absolute Gasteiger partial charge is 0.310 e. The second kappa shape index (κ2) is 10.6. The molecule has 0 aliphatic rings. The van der Waals surface area contributed by atoms with Crippen molar-refractivity contribution in [3.05, 3.63) is 29.6 Å². The van der Waals surface area contributed by atoms with Crippen LogP contribution in [0, 0.1) is 11.7 Å². The molecule has 1 atom stereocenters. The molecule has 0 unspecified atom stereocenters. The summed E-state index contributed by atoms with van der Waals surface area (Å²) in [5.41, 5.74) is 0.537. The van der Waals surface area contributed by atoms with E-state index >= 15 is 0 Å². The molecule has 7 heteroatoms. The second-order valence-electron chi connectivity index (χ2n) is 5.46. The summed E-state index contributed by atoms with van der Waals surface area (Å²) >= 11 is 0. The van der Waals surface area contributed by atoms with E-state index in [0.29, 0.717) is 25.0 Å². The van der Waals surface area contributed by atoms with Crippen LogP contribution in [-0.4, -0.2) is 44.4 Å². The van der Waals surface area contributed by atoms with Crippen molar-refractivity contribution in [1.29, 1.82) is 0 Å². The van der Waals surface area contributed by atoms with Gasteiger partial charge in [0.1, 0.15) is 0 Å². The number of phenolic OH excluding ortho intramolecular Hbond substituents is 1. The first-order valence-electron chi connectivity index (χ1n) is 7.78. The molecule has 6 nitrogen and oxygen atoms in total. The topological polar surface area (TPSA) is 84.9 Å². The minimum Gasteiger partial charge on any atom is -0.505 e. The van der Waals surface area contributed by atoms with Gasteiger partial charge in [-0.3, -0.25) is 9.59 Å². The normalized spacial score (nSPS) is 11.8. The summed E-state index contributed by atoms with van der Waals surface area (Å²) in [4.78, 5) is 23.6. The number of nitrogens with one attached hydrogen (secondary N) is 1. The number of aromatic hydroxyl groups is 1. The minimum absolute atomic E-state index is 0.109. The zero-order valence-corrected chi connectivity index (χ0v) is 14.0. The van der Waals surface area contributed by atoms with E-state index in [1.165, 1.54) is 19.2 Å². The van der Waals surface area contributed by atoms with Crippen LogP contribution in [0.3, 0.4) is 0 Å². The fourth-order valence-corrected chi connectivity index (χ4v) is 2.22. The van der Waals surface area contributed by atoms with Crippen LogP contribution in [0.15, 0.2) is 18.2 Å². The zero-order valence-electron chi connectivity index (χ0n) is 14.0. The number of unbranched alkanes of at least 4 members (excludes halogenated alkanes) is 1. The molecule has 0 saturated heterocycles. The van der Waals surface area contributed by atoms with Crippen LogP contribution < -0.4 is 5.32 Å². The molecular formula is C17H24FNO5. The zero-order chi connectivity index (χ0) is 17.9. The number of benzene rings is 1. The average Bonchev–Trinajstić information content (AvgIpc) is 2.57. The Kier molecular flexibility index (Phi) is 8.78. The van der Waals surface area contributed by atoms with Gasteiger partial charge in [0.15, 0.2) is 11.6 Å². The minimum atomic E-state index is -0.752. The third-order valence-electron chi connectivity index (χ3n) is 3.58. The largest absolute Gasteiger partial charge is 0.505 e. The Morgan fingerprint density at radius 1 is 1.29 bits per heavy atom. The number of amides is 1. The van der Waals surface area contributed by atoms with Gasteiger partial charge in [0.05, 0.1) is 13.0 Å². The maximum Gasteiger partial charge on any atom is 0.310 e. The van der Waals surface area contributed by atoms with E-state index < -0.39 is 23.5 Å². The molecule has 0 heterocycles. The molecule has 0 radical (unpaired) electrons. The third-order valence-corrected chi connectivity index (χ3v) is 3.58. The predicted molar refractivity (Wildman–Crippen MR) is 86.0 cm³/mol. The summed E-state index contributed by atoms with van der Waals surface area (Å²) in [6, 6.07) is 3.92. The monoisotopic (exact) mass is 341 g/mol. The Hall–Kier alpha value is -2.15. The van der Waals surface area contributed by atoms with Gasteiger partial charge >= 0.3 is 5.97 Å². The summed E-state index contributed by atoms with van der Waals surface area (Å²) < 4.78 is 23.0. The molecule has 0 fully saturated rings. The SMILES string of the molecule is COCCCCC(=O)NC[C@H](Cc1ccc(O)c(F)c1)C(=O)OC. The lowest BCUT2D eigenvalue weighted by Crippen LogP contribution is -2.34. The van der Waals surface area contributed by atoms with E-state index in [-0.39, 0.29) is 18.9 Å². The quantitative estimate of drug-likeness (QED) is 0.501. The predicted octanol–water partition coefficient (Wildman–Crippen LogP) is 1.80. The van der Waals surface area contributed by atoms with E-state index in [4.69, 9.17) is 9.47 Å². The van der Waals surface area contributed by atoms with Crippen molar-refractivity contribution < 1.29 is 28.6 Å². The molecule has 134 valence electrons. The highest BCUT2D eigenvalue weighted by Gasteiger charge is 2.21. The number of rotatable bonds is 10. The first kappa shape index (κ1) is 19.9. The van der Waals surface area contributed by atoms with Crippen LogP contribution in [0.2, 0.25) is 0 Å². The number of carbonyl (C=O) groups is 2. The Labute approximate surface area is 141 Å². The summed E-state index contributed by atoms with van der Waals surface area (Å²) in [6.45, 7) is 0.711. The summed E-state index contributed by atoms with van der Waals surface area (Å²) in [6.07, 6.45) is 2.04. The highest BCUT2D eigenvalue weighted by Crippen LogP contribution is 2.19. The molecule has 1 aromatic rings. The lowest BCUT2D eigenvalue weighted by molar-refractivity contribution is -0.145. The van der Waals surface area contributed by atoms with Crippen LogP contribution in [0.5, 0.6) is 5.75 Å². The van der Waals surface area contributed by atoms with Crippen LogP contribution in [0.25, 0.3) is 0 Å². The first-order chi connectivity index (χ1) is 11.5. The van der Waals surface area contributed by atoms with E-state index in [1.807, 2.05) is 0 Å². The summed E-state index contributed by atoms with van der Waals surface area (Å²) in [7, 11) is 2.87. The van der Waals surface area contributed by atoms with Gasteiger partial charge in [-0.25, -0.2) is 4.39 Å². The van der Waals surface area contributed by atoms with Crippen LogP contribution in [-0.2, 0) is 25.5 Å². The second-order valence-corrected chi connectivity index (χ2v) is 5.46. The van der Waals surface area contributed by atoms with E-state index in [0.717, 1.165) is 12.5 Å². The number of hydrogen-bond acceptors (Lipinski definition) is 5. The molecule has 1 aromatic carbocycles. The molecule has 0 aliphatic heterocycles. The maximum absolute atomic E-state index is 13.4. The molecule has 0 saturated carbocycles. The van der Waals surface area contributed by atoms with Gasteiger partial charge in [-0.2, -0.15) is 0 Å². The fourth-order valence-electron chi connectivity index (χ4n) is 2.22. The Bertz CT molecular complexity index is 550. The molecule has 0 spiro atoms. The van der Waals surface area contributed by atoms with Gasteiger partial charge in [-0.05, 0) is 37.0 Å². The average molecular weight is 341 g/mol. The van der Waals surface area contributed by atoms with Crippen molar-refractivity contribution in [2.24, 2.45) is 5.92 Å². The Morgan fingerprint density at radius 2 is 2.04 bits per heavy atom. The van der Waals surface area contributed by atoms with E-state index in [1.54, 1.807) is 7.11 Å². The maximum atomic E-state index is 13.4. The van der Waals surface area contributed by atoms with Gasteiger partial charge in [0, 0.05) is 26.7 Å². The molecule has 1 amide bonds. The number of carbonyl (C=O) groups excluding carboxylic acids is 2. The van der Waals surface area contributed by atoms with Crippen molar-refractivity contribution in [2.45, 2.75) is 25.7 Å². The number of phenols is 1. The number of ether oxygens (including phenoxy) is 2. The molecule has 24 heavy (non-hydrogen) atoms. The molecule has 0 aliphatic carbocycles. The van der Waals surface area contributed by atoms with Crippen molar-refractivity contribution in [1.82, 2.24) is 5.32 Å². The van der Waals surface area contributed by atoms with Crippen LogP contribution in [0.1, 0.15) is 24.8 Å². The van der Waals surface area contributed by atoms with Crippen LogP contribution >= 0.6 is 0 Å². The summed E-state index contributed by atoms with van der Waals surface area (Å²) in [5, 5.41) is 11.9. The van der Waals surface area contributed by atoms with Crippen molar-refractivity contribution >= 4 is 11.9 Å². The Balaban J connectivity index is 2.54. The number of hydrogen-bond donors (Lipinski definition) is 2. The third kappa shape index (κ3) is 6.95. The first-order valence-corrected chi connectivity index (χ1v) is 7.78. The fraction of sp³-hybridized carbons (Fsp3) is 0.529.